The number of nitrogens with one attached hydrogen (secondary N) is 1. The number of para-hydroxylation sites is 1. The summed E-state index contributed by atoms with van der Waals surface area (Å²) in [6, 6.07) is 10.6. The van der Waals surface area contributed by atoms with Gasteiger partial charge in [-0.05, 0) is 12.1 Å². The second kappa shape index (κ2) is 6.11. The second-order valence-electron chi connectivity index (χ2n) is 4.25. The highest BCUT2D eigenvalue weighted by Gasteiger charge is 2.17. The zero-order chi connectivity index (χ0) is 10.4. The Morgan fingerprint density at radius 3 is 2.36 bits per heavy atom. The van der Waals surface area contributed by atoms with Crippen LogP contribution in [0.4, 0.5) is 5.69 Å². The molecule has 1 N–H and O–H groups in total. The number of anilines is 1. The average Bonchev–Trinajstić information content (AvgIpc) is 2.17. The molecular formula is C12H20AlN. The van der Waals surface area contributed by atoms with Crippen molar-refractivity contribution < 1.29 is 0 Å². The molecule has 0 bridgehead atoms. The fourth-order valence-corrected chi connectivity index (χ4v) is 4.12. The predicted octanol–water partition coefficient (Wildman–Crippen LogP) is 3.77. The van der Waals surface area contributed by atoms with Gasteiger partial charge >= 0.3 is 14.4 Å². The normalized spacial score (nSPS) is 10.3. The molecule has 1 rings (SSSR count). The Labute approximate surface area is 92.1 Å². The van der Waals surface area contributed by atoms with E-state index in [4.69, 9.17) is 0 Å². The van der Waals surface area contributed by atoms with Gasteiger partial charge in [-0.1, -0.05) is 55.5 Å². The summed E-state index contributed by atoms with van der Waals surface area (Å²) in [5.74, 6) is 0.822. The minimum atomic E-state index is -0.747. The van der Waals surface area contributed by atoms with Crippen molar-refractivity contribution in [2.45, 2.75) is 31.3 Å². The molecule has 0 saturated heterocycles. The van der Waals surface area contributed by atoms with Crippen LogP contribution in [0.25, 0.3) is 0 Å². The van der Waals surface area contributed by atoms with Crippen molar-refractivity contribution in [3.63, 3.8) is 0 Å². The van der Waals surface area contributed by atoms with Crippen LogP contribution < -0.4 is 4.30 Å². The van der Waals surface area contributed by atoms with Crippen LogP contribution >= 0.6 is 0 Å². The molecule has 0 heterocycles. The lowest BCUT2D eigenvalue weighted by Gasteiger charge is -2.14. The molecule has 0 atom stereocenters. The highest BCUT2D eigenvalue weighted by atomic mass is 27.2. The maximum Gasteiger partial charge on any atom is 0.411 e. The zero-order valence-corrected chi connectivity index (χ0v) is 10.6. The lowest BCUT2D eigenvalue weighted by atomic mass is 10.3. The van der Waals surface area contributed by atoms with Gasteiger partial charge in [0.2, 0.25) is 0 Å². The van der Waals surface area contributed by atoms with Crippen molar-refractivity contribution in [1.82, 2.24) is 0 Å². The van der Waals surface area contributed by atoms with Crippen molar-refractivity contribution >= 4 is 20.1 Å². The van der Waals surface area contributed by atoms with Gasteiger partial charge in [-0.3, -0.25) is 0 Å². The van der Waals surface area contributed by atoms with E-state index in [1.54, 1.807) is 0 Å². The summed E-state index contributed by atoms with van der Waals surface area (Å²) in [4.78, 5) is 0. The summed E-state index contributed by atoms with van der Waals surface area (Å²) in [5, 5.41) is 2.71. The fourth-order valence-electron chi connectivity index (χ4n) is 1.67. The van der Waals surface area contributed by atoms with E-state index in [9.17, 15) is 0 Å². The van der Waals surface area contributed by atoms with Crippen LogP contribution in [0.5, 0.6) is 0 Å². The van der Waals surface area contributed by atoms with Gasteiger partial charge in [-0.2, -0.15) is 0 Å². The maximum atomic E-state index is 3.70. The highest BCUT2D eigenvalue weighted by molar-refractivity contribution is 6.62. The van der Waals surface area contributed by atoms with Gasteiger partial charge in [0.25, 0.3) is 0 Å². The van der Waals surface area contributed by atoms with Crippen LogP contribution in [0, 0.1) is 5.92 Å². The van der Waals surface area contributed by atoms with Gasteiger partial charge in [0, 0.05) is 5.69 Å². The fraction of sp³-hybridized carbons (Fsp3) is 0.500. The Bertz CT molecular complexity index is 246. The molecule has 2 heteroatoms. The average molecular weight is 205 g/mol. The summed E-state index contributed by atoms with van der Waals surface area (Å²) in [6.45, 7) is 6.92. The lowest BCUT2D eigenvalue weighted by molar-refractivity contribution is 0.724. The third-order valence-electron chi connectivity index (χ3n) is 2.39. The van der Waals surface area contributed by atoms with Gasteiger partial charge in [0.15, 0.2) is 0 Å². The summed E-state index contributed by atoms with van der Waals surface area (Å²) < 4.78 is 3.70. The molecule has 76 valence electrons. The number of benzene rings is 1. The van der Waals surface area contributed by atoms with E-state index in [0.717, 1.165) is 5.92 Å². The number of hydrogen-bond acceptors (Lipinski definition) is 1. The summed E-state index contributed by atoms with van der Waals surface area (Å²) >= 11 is -0.747. The van der Waals surface area contributed by atoms with E-state index >= 15 is 0 Å². The minimum absolute atomic E-state index is 0.747. The quantitative estimate of drug-likeness (QED) is 0.721. The van der Waals surface area contributed by atoms with Crippen LogP contribution in [0.2, 0.25) is 10.6 Å². The molecule has 0 aliphatic carbocycles. The van der Waals surface area contributed by atoms with E-state index in [-0.39, 0.29) is 0 Å². The first-order chi connectivity index (χ1) is 6.72. The van der Waals surface area contributed by atoms with Crippen LogP contribution in [0.1, 0.15) is 20.8 Å². The van der Waals surface area contributed by atoms with Crippen molar-refractivity contribution in [3.8, 4) is 0 Å². The van der Waals surface area contributed by atoms with Gasteiger partial charge in [0.1, 0.15) is 0 Å². The molecule has 0 unspecified atom stereocenters. The smallest absolute Gasteiger partial charge is 0.411 e. The largest absolute Gasteiger partial charge is 0.476 e. The first-order valence-corrected chi connectivity index (χ1v) is 7.75. The molecule has 0 aliphatic rings. The van der Waals surface area contributed by atoms with Crippen molar-refractivity contribution in [1.29, 1.82) is 0 Å². The molecule has 0 fully saturated rings. The van der Waals surface area contributed by atoms with E-state index in [1.165, 1.54) is 16.3 Å². The van der Waals surface area contributed by atoms with Crippen LogP contribution in [-0.2, 0) is 0 Å². The van der Waals surface area contributed by atoms with E-state index in [2.05, 4.69) is 55.4 Å². The topological polar surface area (TPSA) is 12.0 Å². The maximum absolute atomic E-state index is 3.70. The van der Waals surface area contributed by atoms with Crippen LogP contribution in [0.3, 0.4) is 0 Å². The SMILES string of the molecule is C[CH2][Al]([CH2]C(C)C)[NH]c1ccccc1. The van der Waals surface area contributed by atoms with Gasteiger partial charge in [0.05, 0.1) is 0 Å². The summed E-state index contributed by atoms with van der Waals surface area (Å²) in [7, 11) is 0. The number of hydrogen-bond donors (Lipinski definition) is 1. The molecule has 1 nitrogen and oxygen atoms in total. The van der Waals surface area contributed by atoms with Crippen molar-refractivity contribution in [3.05, 3.63) is 30.3 Å². The molecule has 0 aliphatic heterocycles. The lowest BCUT2D eigenvalue weighted by Crippen LogP contribution is -2.25. The molecule has 1 aromatic carbocycles. The monoisotopic (exact) mass is 205 g/mol. The molecule has 0 aromatic heterocycles. The third-order valence-corrected chi connectivity index (χ3v) is 5.63. The molecule has 0 spiro atoms. The van der Waals surface area contributed by atoms with Crippen molar-refractivity contribution in [2.75, 3.05) is 4.30 Å². The minimum Gasteiger partial charge on any atom is -0.476 e. The Kier molecular flexibility index (Phi) is 5.08. The Hall–Kier alpha value is -0.448. The number of rotatable bonds is 5. The molecule has 0 radical (unpaired) electrons. The summed E-state index contributed by atoms with van der Waals surface area (Å²) in [6.07, 6.45) is 0. The standard InChI is InChI=1S/C6H6N.C4H9.C2H5.Al/c7-6-4-2-1-3-5-6;1-4(2)3;1-2;/h1-5,7H;4H,1H2,2-3H3;1H2,2H3;/q-1;;;+1. The van der Waals surface area contributed by atoms with Gasteiger partial charge in [-0.25, -0.2) is 0 Å². The van der Waals surface area contributed by atoms with Crippen LogP contribution in [-0.4, -0.2) is 14.4 Å². The first-order valence-electron chi connectivity index (χ1n) is 5.54. The summed E-state index contributed by atoms with van der Waals surface area (Å²) in [5.41, 5.74) is 1.30. The second-order valence-corrected chi connectivity index (χ2v) is 7.22. The van der Waals surface area contributed by atoms with Crippen molar-refractivity contribution in [2.24, 2.45) is 5.92 Å². The predicted molar refractivity (Wildman–Crippen MR) is 65.9 cm³/mol. The molecule has 1 aromatic rings. The third kappa shape index (κ3) is 4.18. The Balaban J connectivity index is 2.48. The zero-order valence-electron chi connectivity index (χ0n) is 9.46. The van der Waals surface area contributed by atoms with Crippen LogP contribution in [0.15, 0.2) is 30.3 Å². The van der Waals surface area contributed by atoms with E-state index in [0.29, 0.717) is 0 Å². The van der Waals surface area contributed by atoms with Gasteiger partial charge in [-0.15, -0.1) is 0 Å². The Morgan fingerprint density at radius 1 is 1.21 bits per heavy atom. The van der Waals surface area contributed by atoms with E-state index in [1.807, 2.05) is 0 Å². The van der Waals surface area contributed by atoms with Gasteiger partial charge < -0.3 is 4.30 Å². The molecule has 0 amide bonds. The Morgan fingerprint density at radius 2 is 1.86 bits per heavy atom. The molecular weight excluding hydrogens is 185 g/mol. The first kappa shape index (κ1) is 11.6. The van der Waals surface area contributed by atoms with E-state index < -0.39 is 14.4 Å². The molecule has 14 heavy (non-hydrogen) atoms. The highest BCUT2D eigenvalue weighted by Crippen LogP contribution is 2.13. The molecule has 0 saturated carbocycles.